The number of guanidine groups is 1. The lowest BCUT2D eigenvalue weighted by molar-refractivity contribution is -0.159. The molecule has 1 amide bonds. The molecular weight excluding hydrogens is 478 g/mol. The summed E-state index contributed by atoms with van der Waals surface area (Å²) in [5, 5.41) is 11.0. The number of nitrogens with zero attached hydrogens (tertiary/aromatic N) is 2. The summed E-state index contributed by atoms with van der Waals surface area (Å²) in [6.07, 6.45) is 0.341. The van der Waals surface area contributed by atoms with Crippen LogP contribution in [0.5, 0.6) is 5.75 Å². The molecule has 190 valence electrons. The predicted molar refractivity (Wildman–Crippen MR) is 128 cm³/mol. The molecule has 1 fully saturated rings. The zero-order chi connectivity index (χ0) is 25.6. The molecule has 0 radical (unpaired) electrons. The Morgan fingerprint density at radius 3 is 2.69 bits per heavy atom. The van der Waals surface area contributed by atoms with E-state index in [1.807, 2.05) is 0 Å². The molecule has 2 atom stereocenters. The maximum atomic E-state index is 13.3. The number of nitrogens with two attached hydrogens (primary N) is 2. The molecule has 3 rings (SSSR count). The highest BCUT2D eigenvalue weighted by Crippen LogP contribution is 2.24. The molecular formula is C22H29N5O7S. The van der Waals surface area contributed by atoms with Crippen molar-refractivity contribution in [2.75, 3.05) is 33.4 Å². The summed E-state index contributed by atoms with van der Waals surface area (Å²) in [4.78, 5) is 29.9. The number of carbonyl (C=O) groups is 2. The van der Waals surface area contributed by atoms with Crippen molar-refractivity contribution in [3.05, 3.63) is 36.4 Å². The van der Waals surface area contributed by atoms with E-state index >= 15 is 0 Å². The number of carbonyl (C=O) groups excluding carboxylic acids is 1. The number of morpholine rings is 1. The van der Waals surface area contributed by atoms with E-state index < -0.39 is 34.0 Å². The summed E-state index contributed by atoms with van der Waals surface area (Å²) in [5.41, 5.74) is 10.7. The number of aliphatic carboxylic acids is 1. The molecule has 2 unspecified atom stereocenters. The zero-order valence-electron chi connectivity index (χ0n) is 19.2. The third-order valence-corrected chi connectivity index (χ3v) is 7.04. The molecule has 6 N–H and O–H groups in total. The number of amides is 1. The number of carboxylic acids is 1. The Balaban J connectivity index is 1.88. The van der Waals surface area contributed by atoms with Crippen molar-refractivity contribution < 1.29 is 32.6 Å². The van der Waals surface area contributed by atoms with Gasteiger partial charge in [0.2, 0.25) is 15.9 Å². The van der Waals surface area contributed by atoms with Crippen LogP contribution in [-0.2, 0) is 24.3 Å². The van der Waals surface area contributed by atoms with Crippen molar-refractivity contribution >= 4 is 38.6 Å². The Morgan fingerprint density at radius 2 is 2.00 bits per heavy atom. The molecule has 1 aliphatic rings. The van der Waals surface area contributed by atoms with E-state index in [0.29, 0.717) is 11.1 Å². The molecule has 0 saturated carbocycles. The number of hydrogen-bond donors (Lipinski definition) is 4. The first-order valence-corrected chi connectivity index (χ1v) is 12.4. The van der Waals surface area contributed by atoms with E-state index in [0.717, 1.165) is 10.3 Å². The Bertz CT molecular complexity index is 1210. The molecule has 12 nitrogen and oxygen atoms in total. The average Bonchev–Trinajstić information content (AvgIpc) is 2.84. The number of methoxy groups -OCH3 is 1. The number of hydrogen-bond acceptors (Lipinski definition) is 7. The van der Waals surface area contributed by atoms with Crippen LogP contribution in [0, 0.1) is 0 Å². The molecule has 2 aromatic carbocycles. The molecule has 0 spiro atoms. The third-order valence-electron chi connectivity index (χ3n) is 5.57. The molecule has 35 heavy (non-hydrogen) atoms. The van der Waals surface area contributed by atoms with Gasteiger partial charge in [-0.2, -0.15) is 4.72 Å². The van der Waals surface area contributed by atoms with Crippen LogP contribution in [0.2, 0.25) is 0 Å². The number of nitrogens with one attached hydrogen (secondary N) is 1. The summed E-state index contributed by atoms with van der Waals surface area (Å²) < 4.78 is 39.4. The van der Waals surface area contributed by atoms with Gasteiger partial charge in [0.25, 0.3) is 0 Å². The number of sulfonamides is 1. The van der Waals surface area contributed by atoms with Gasteiger partial charge in [-0.3, -0.25) is 9.79 Å². The largest absolute Gasteiger partial charge is 0.497 e. The highest BCUT2D eigenvalue weighted by Gasteiger charge is 2.37. The van der Waals surface area contributed by atoms with E-state index in [-0.39, 0.29) is 50.0 Å². The SMILES string of the molecule is COc1ccc2ccc(S(=O)(=O)NC(CCCN=C(N)N)C(=O)N3CCOCC3C(=O)O)cc2c1. The van der Waals surface area contributed by atoms with Gasteiger partial charge in [-0.25, -0.2) is 13.2 Å². The van der Waals surface area contributed by atoms with Crippen LogP contribution in [-0.4, -0.2) is 81.8 Å². The van der Waals surface area contributed by atoms with E-state index in [4.69, 9.17) is 20.9 Å². The molecule has 2 aromatic rings. The van der Waals surface area contributed by atoms with Gasteiger partial charge in [0.1, 0.15) is 11.8 Å². The zero-order valence-corrected chi connectivity index (χ0v) is 20.0. The minimum absolute atomic E-state index is 0.0255. The Kier molecular flexibility index (Phi) is 8.48. The number of rotatable bonds is 10. The van der Waals surface area contributed by atoms with Crippen LogP contribution < -0.4 is 20.9 Å². The smallest absolute Gasteiger partial charge is 0.328 e. The quantitative estimate of drug-likeness (QED) is 0.193. The summed E-state index contributed by atoms with van der Waals surface area (Å²) in [5.74, 6) is -1.45. The van der Waals surface area contributed by atoms with Crippen LogP contribution in [0.1, 0.15) is 12.8 Å². The van der Waals surface area contributed by atoms with Crippen LogP contribution in [0.25, 0.3) is 10.8 Å². The first kappa shape index (κ1) is 26.2. The van der Waals surface area contributed by atoms with Gasteiger partial charge in [-0.1, -0.05) is 12.1 Å². The minimum atomic E-state index is -4.15. The fraction of sp³-hybridized carbons (Fsp3) is 0.409. The fourth-order valence-electron chi connectivity index (χ4n) is 3.76. The highest BCUT2D eigenvalue weighted by atomic mass is 32.2. The van der Waals surface area contributed by atoms with E-state index in [9.17, 15) is 23.1 Å². The first-order chi connectivity index (χ1) is 16.6. The first-order valence-electron chi connectivity index (χ1n) is 10.9. The number of aliphatic imine (C=N–C) groups is 1. The maximum Gasteiger partial charge on any atom is 0.328 e. The average molecular weight is 508 g/mol. The van der Waals surface area contributed by atoms with Crippen molar-refractivity contribution in [3.63, 3.8) is 0 Å². The molecule has 0 aliphatic carbocycles. The fourth-order valence-corrected chi connectivity index (χ4v) is 5.02. The summed E-state index contributed by atoms with van der Waals surface area (Å²) in [6, 6.07) is 7.41. The van der Waals surface area contributed by atoms with Crippen molar-refractivity contribution in [2.45, 2.75) is 29.8 Å². The number of fused-ring (bicyclic) bond motifs is 1. The lowest BCUT2D eigenvalue weighted by Gasteiger charge is -2.35. The Morgan fingerprint density at radius 1 is 1.26 bits per heavy atom. The lowest BCUT2D eigenvalue weighted by Crippen LogP contribution is -2.58. The van der Waals surface area contributed by atoms with E-state index in [1.165, 1.54) is 19.2 Å². The molecule has 13 heteroatoms. The van der Waals surface area contributed by atoms with Gasteiger partial charge in [-0.15, -0.1) is 0 Å². The number of ether oxygens (including phenoxy) is 2. The molecule has 1 saturated heterocycles. The lowest BCUT2D eigenvalue weighted by atomic mass is 10.1. The van der Waals surface area contributed by atoms with Gasteiger partial charge in [0, 0.05) is 13.1 Å². The molecule has 1 aliphatic heterocycles. The van der Waals surface area contributed by atoms with Gasteiger partial charge in [0.15, 0.2) is 12.0 Å². The number of carboxylic acid groups (broad SMARTS) is 1. The standard InChI is InChI=1S/C22H29N5O7S/c1-33-16-6-4-14-5-7-17(12-15(14)11-16)35(31,32)26-18(3-2-8-25-22(23)24)20(28)27-9-10-34-13-19(27)21(29)30/h4-7,11-12,18-19,26H,2-3,8-10,13H2,1H3,(H,29,30)(H4,23,24,25). The molecule has 0 aromatic heterocycles. The Labute approximate surface area is 202 Å². The van der Waals surface area contributed by atoms with Gasteiger partial charge >= 0.3 is 5.97 Å². The predicted octanol–water partition coefficient (Wildman–Crippen LogP) is -0.139. The van der Waals surface area contributed by atoms with Crippen LogP contribution in [0.3, 0.4) is 0 Å². The number of benzene rings is 2. The maximum absolute atomic E-state index is 13.3. The van der Waals surface area contributed by atoms with Crippen molar-refractivity contribution in [1.29, 1.82) is 0 Å². The second-order valence-corrected chi connectivity index (χ2v) is 9.67. The normalized spacial score (nSPS) is 17.1. The summed E-state index contributed by atoms with van der Waals surface area (Å²) in [7, 11) is -2.64. The van der Waals surface area contributed by atoms with Crippen LogP contribution >= 0.6 is 0 Å². The second kappa shape index (κ2) is 11.3. The summed E-state index contributed by atoms with van der Waals surface area (Å²) in [6.45, 7) is 0.170. The second-order valence-electron chi connectivity index (χ2n) is 7.96. The van der Waals surface area contributed by atoms with Crippen molar-refractivity contribution in [1.82, 2.24) is 9.62 Å². The monoisotopic (exact) mass is 507 g/mol. The van der Waals surface area contributed by atoms with Crippen molar-refractivity contribution in [3.8, 4) is 5.75 Å². The Hall–Kier alpha value is -3.42. The van der Waals surface area contributed by atoms with E-state index in [2.05, 4.69) is 9.71 Å². The molecule has 0 bridgehead atoms. The van der Waals surface area contributed by atoms with Crippen LogP contribution in [0.15, 0.2) is 46.3 Å². The van der Waals surface area contributed by atoms with E-state index in [1.54, 1.807) is 24.3 Å². The van der Waals surface area contributed by atoms with Gasteiger partial charge < -0.3 is 30.9 Å². The summed E-state index contributed by atoms with van der Waals surface area (Å²) >= 11 is 0. The topological polar surface area (TPSA) is 187 Å². The van der Waals surface area contributed by atoms with Crippen molar-refractivity contribution in [2.24, 2.45) is 16.5 Å². The van der Waals surface area contributed by atoms with Crippen LogP contribution in [0.4, 0.5) is 0 Å². The van der Waals surface area contributed by atoms with Gasteiger partial charge in [-0.05, 0) is 47.9 Å². The highest BCUT2D eigenvalue weighted by molar-refractivity contribution is 7.89. The minimum Gasteiger partial charge on any atom is -0.497 e. The molecule has 1 heterocycles. The third kappa shape index (κ3) is 6.59. The van der Waals surface area contributed by atoms with Gasteiger partial charge in [0.05, 0.1) is 25.2 Å².